The van der Waals surface area contributed by atoms with Gasteiger partial charge in [-0.05, 0) is 41.7 Å². The van der Waals surface area contributed by atoms with E-state index in [-0.39, 0.29) is 6.04 Å². The summed E-state index contributed by atoms with van der Waals surface area (Å²) in [6.45, 7) is 0.521. The lowest BCUT2D eigenvalue weighted by atomic mass is 10.1. The van der Waals surface area contributed by atoms with Crippen LogP contribution in [-0.2, 0) is 12.8 Å². The Morgan fingerprint density at radius 3 is 1.83 bits per heavy atom. The summed E-state index contributed by atoms with van der Waals surface area (Å²) in [6.07, 6.45) is 1.77. The minimum absolute atomic E-state index is 0.00334. The largest absolute Gasteiger partial charge is 0.492 e. The second-order valence-corrected chi connectivity index (χ2v) is 6.07. The van der Waals surface area contributed by atoms with E-state index in [0.29, 0.717) is 6.61 Å². The van der Waals surface area contributed by atoms with E-state index in [1.807, 2.05) is 36.4 Å². The van der Waals surface area contributed by atoms with Crippen LogP contribution in [0.4, 0.5) is 0 Å². The molecular formula is C22H23NO. The third-order valence-electron chi connectivity index (χ3n) is 3.98. The van der Waals surface area contributed by atoms with Gasteiger partial charge in [0.1, 0.15) is 12.4 Å². The van der Waals surface area contributed by atoms with E-state index in [1.165, 1.54) is 16.7 Å². The minimum atomic E-state index is -0.00334. The van der Waals surface area contributed by atoms with Crippen LogP contribution in [0.2, 0.25) is 0 Å². The Morgan fingerprint density at radius 2 is 1.21 bits per heavy atom. The van der Waals surface area contributed by atoms with Crippen molar-refractivity contribution in [2.75, 3.05) is 6.61 Å². The van der Waals surface area contributed by atoms with Crippen molar-refractivity contribution in [1.82, 2.24) is 0 Å². The Balaban J connectivity index is 1.49. The predicted octanol–water partition coefficient (Wildman–Crippen LogP) is 4.23. The van der Waals surface area contributed by atoms with Crippen LogP contribution < -0.4 is 10.5 Å². The zero-order chi connectivity index (χ0) is 16.6. The van der Waals surface area contributed by atoms with Crippen molar-refractivity contribution < 1.29 is 4.74 Å². The highest BCUT2D eigenvalue weighted by Crippen LogP contribution is 2.15. The highest BCUT2D eigenvalue weighted by molar-refractivity contribution is 5.31. The zero-order valence-corrected chi connectivity index (χ0v) is 13.8. The van der Waals surface area contributed by atoms with Crippen molar-refractivity contribution in [3.63, 3.8) is 0 Å². The van der Waals surface area contributed by atoms with E-state index in [9.17, 15) is 0 Å². The van der Waals surface area contributed by atoms with E-state index < -0.39 is 0 Å². The van der Waals surface area contributed by atoms with Crippen molar-refractivity contribution in [1.29, 1.82) is 0 Å². The molecule has 0 amide bonds. The Hall–Kier alpha value is -2.58. The fraction of sp³-hybridized carbons (Fsp3) is 0.182. The molecule has 0 spiro atoms. The van der Waals surface area contributed by atoms with Gasteiger partial charge in [0.2, 0.25) is 0 Å². The van der Waals surface area contributed by atoms with E-state index in [4.69, 9.17) is 10.5 Å². The van der Waals surface area contributed by atoms with Gasteiger partial charge in [-0.15, -0.1) is 0 Å². The first-order valence-corrected chi connectivity index (χ1v) is 8.35. The number of ether oxygens (including phenoxy) is 1. The fourth-order valence-corrected chi connectivity index (χ4v) is 2.71. The normalized spacial score (nSPS) is 11.9. The molecule has 0 aliphatic carbocycles. The van der Waals surface area contributed by atoms with E-state index in [2.05, 4.69) is 48.5 Å². The van der Waals surface area contributed by atoms with Crippen LogP contribution in [0.3, 0.4) is 0 Å². The molecule has 3 aromatic carbocycles. The average Bonchev–Trinajstić information content (AvgIpc) is 2.63. The van der Waals surface area contributed by atoms with Crippen molar-refractivity contribution in [3.05, 3.63) is 102 Å². The molecule has 2 N–H and O–H groups in total. The molecule has 0 saturated carbocycles. The molecule has 0 aromatic heterocycles. The van der Waals surface area contributed by atoms with Crippen LogP contribution in [0.5, 0.6) is 5.75 Å². The molecular weight excluding hydrogens is 294 g/mol. The van der Waals surface area contributed by atoms with Gasteiger partial charge in [-0.1, -0.05) is 72.8 Å². The zero-order valence-electron chi connectivity index (χ0n) is 13.8. The molecule has 0 bridgehead atoms. The van der Waals surface area contributed by atoms with Crippen LogP contribution in [0.1, 0.15) is 16.7 Å². The quantitative estimate of drug-likeness (QED) is 0.708. The summed E-state index contributed by atoms with van der Waals surface area (Å²) in [6, 6.07) is 29.0. The second kappa shape index (κ2) is 8.32. The first kappa shape index (κ1) is 16.3. The van der Waals surface area contributed by atoms with Crippen LogP contribution in [0.25, 0.3) is 0 Å². The lowest BCUT2D eigenvalue weighted by Gasteiger charge is -2.13. The summed E-state index contributed by atoms with van der Waals surface area (Å²) in [4.78, 5) is 0. The van der Waals surface area contributed by atoms with Crippen LogP contribution >= 0.6 is 0 Å². The molecule has 1 atom stereocenters. The summed E-state index contributed by atoms with van der Waals surface area (Å²) < 4.78 is 5.82. The molecule has 2 nitrogen and oxygen atoms in total. The Bertz CT molecular complexity index is 723. The van der Waals surface area contributed by atoms with Gasteiger partial charge in [-0.2, -0.15) is 0 Å². The summed E-state index contributed by atoms with van der Waals surface area (Å²) in [7, 11) is 0. The SMILES string of the molecule is NC(COc1ccc(Cc2ccccc2)cc1)Cc1ccccc1. The van der Waals surface area contributed by atoms with Crippen molar-refractivity contribution in [2.45, 2.75) is 18.9 Å². The van der Waals surface area contributed by atoms with Crippen molar-refractivity contribution in [3.8, 4) is 5.75 Å². The summed E-state index contributed by atoms with van der Waals surface area (Å²) >= 11 is 0. The average molecular weight is 317 g/mol. The maximum Gasteiger partial charge on any atom is 0.119 e. The minimum Gasteiger partial charge on any atom is -0.492 e. The molecule has 0 fully saturated rings. The van der Waals surface area contributed by atoms with Gasteiger partial charge in [0.05, 0.1) is 0 Å². The first-order valence-electron chi connectivity index (χ1n) is 8.35. The van der Waals surface area contributed by atoms with Crippen molar-refractivity contribution in [2.24, 2.45) is 5.73 Å². The highest BCUT2D eigenvalue weighted by atomic mass is 16.5. The van der Waals surface area contributed by atoms with E-state index in [0.717, 1.165) is 18.6 Å². The molecule has 0 aliphatic rings. The van der Waals surface area contributed by atoms with Gasteiger partial charge in [0, 0.05) is 6.04 Å². The molecule has 0 saturated heterocycles. The molecule has 3 rings (SSSR count). The van der Waals surface area contributed by atoms with Gasteiger partial charge in [0.25, 0.3) is 0 Å². The lowest BCUT2D eigenvalue weighted by Crippen LogP contribution is -2.30. The fourth-order valence-electron chi connectivity index (χ4n) is 2.71. The maximum absolute atomic E-state index is 6.16. The molecule has 3 aromatic rings. The number of hydrogen-bond donors (Lipinski definition) is 1. The molecule has 0 aliphatic heterocycles. The Morgan fingerprint density at radius 1 is 0.667 bits per heavy atom. The molecule has 2 heteroatoms. The smallest absolute Gasteiger partial charge is 0.119 e. The third-order valence-corrected chi connectivity index (χ3v) is 3.98. The standard InChI is InChI=1S/C22H23NO/c23-21(16-19-9-5-2-6-10-19)17-24-22-13-11-20(12-14-22)15-18-7-3-1-4-8-18/h1-14,21H,15-17,23H2. The number of rotatable bonds is 7. The number of nitrogens with two attached hydrogens (primary N) is 1. The first-order chi connectivity index (χ1) is 11.8. The number of benzene rings is 3. The van der Waals surface area contributed by atoms with E-state index in [1.54, 1.807) is 0 Å². The molecule has 0 heterocycles. The van der Waals surface area contributed by atoms with Gasteiger partial charge in [-0.3, -0.25) is 0 Å². The molecule has 1 unspecified atom stereocenters. The van der Waals surface area contributed by atoms with Crippen molar-refractivity contribution >= 4 is 0 Å². The number of hydrogen-bond acceptors (Lipinski definition) is 2. The summed E-state index contributed by atoms with van der Waals surface area (Å²) in [5, 5.41) is 0. The maximum atomic E-state index is 6.16. The Labute approximate surface area is 143 Å². The van der Waals surface area contributed by atoms with Gasteiger partial charge < -0.3 is 10.5 Å². The topological polar surface area (TPSA) is 35.2 Å². The highest BCUT2D eigenvalue weighted by Gasteiger charge is 2.05. The summed E-state index contributed by atoms with van der Waals surface area (Å²) in [5.41, 5.74) is 10.00. The molecule has 24 heavy (non-hydrogen) atoms. The third kappa shape index (κ3) is 4.97. The Kier molecular flexibility index (Phi) is 5.65. The second-order valence-electron chi connectivity index (χ2n) is 6.07. The van der Waals surface area contributed by atoms with Gasteiger partial charge >= 0.3 is 0 Å². The monoisotopic (exact) mass is 317 g/mol. The summed E-state index contributed by atoms with van der Waals surface area (Å²) in [5.74, 6) is 0.871. The van der Waals surface area contributed by atoms with Crippen LogP contribution in [0, 0.1) is 0 Å². The van der Waals surface area contributed by atoms with Gasteiger partial charge in [-0.25, -0.2) is 0 Å². The lowest BCUT2D eigenvalue weighted by molar-refractivity contribution is 0.287. The molecule has 0 radical (unpaired) electrons. The van der Waals surface area contributed by atoms with Crippen LogP contribution in [0.15, 0.2) is 84.9 Å². The van der Waals surface area contributed by atoms with E-state index >= 15 is 0 Å². The predicted molar refractivity (Wildman–Crippen MR) is 99.3 cm³/mol. The van der Waals surface area contributed by atoms with Crippen LogP contribution in [-0.4, -0.2) is 12.6 Å². The molecule has 122 valence electrons. The van der Waals surface area contributed by atoms with Gasteiger partial charge in [0.15, 0.2) is 0 Å².